The van der Waals surface area contributed by atoms with Gasteiger partial charge in [-0.05, 0) is 29.9 Å². The van der Waals surface area contributed by atoms with Gasteiger partial charge in [-0.25, -0.2) is 0 Å². The molecule has 6 N–H and O–H groups in total. The van der Waals surface area contributed by atoms with Crippen molar-refractivity contribution in [1.29, 1.82) is 0 Å². The molecule has 0 unspecified atom stereocenters. The Morgan fingerprint density at radius 2 is 1.57 bits per heavy atom. The monoisotopic (exact) mass is 651 g/mol. The van der Waals surface area contributed by atoms with Crippen LogP contribution in [0.4, 0.5) is 0 Å². The van der Waals surface area contributed by atoms with Crippen LogP contribution in [0.15, 0.2) is 30.3 Å². The second kappa shape index (κ2) is 18.3. The maximum atomic E-state index is 13.7. The molecule has 0 radical (unpaired) electrons. The summed E-state index contributed by atoms with van der Waals surface area (Å²) in [6, 6.07) is 2.60. The zero-order chi connectivity index (χ0) is 32.8. The molecule has 1 heterocycles. The lowest BCUT2D eigenvalue weighted by Crippen LogP contribution is -2.61. The molecule has 1 aliphatic heterocycles. The zero-order valence-corrected chi connectivity index (χ0v) is 26.8. The average Bonchev–Trinajstić information content (AvgIpc) is 2.98. The molecule has 0 aliphatic carbocycles. The first-order valence-corrected chi connectivity index (χ1v) is 16.6. The van der Waals surface area contributed by atoms with Crippen molar-refractivity contribution in [1.82, 2.24) is 26.6 Å². The third-order valence-corrected chi connectivity index (χ3v) is 8.73. The summed E-state index contributed by atoms with van der Waals surface area (Å²) in [6.07, 6.45) is 1.83. The zero-order valence-electron chi connectivity index (χ0n) is 25.2. The Balaban J connectivity index is 2.58. The first-order chi connectivity index (χ1) is 20.9. The van der Waals surface area contributed by atoms with Crippen LogP contribution in [-0.2, 0) is 40.0 Å². The summed E-state index contributed by atoms with van der Waals surface area (Å²) in [5, 5.41) is 21.9. The van der Waals surface area contributed by atoms with Gasteiger partial charge in [-0.1, -0.05) is 62.4 Å². The van der Waals surface area contributed by atoms with Crippen molar-refractivity contribution in [2.75, 3.05) is 17.8 Å². The first-order valence-electron chi connectivity index (χ1n) is 14.3. The number of rotatable bonds is 10. The van der Waals surface area contributed by atoms with E-state index in [0.717, 1.165) is 11.8 Å². The second-order valence-corrected chi connectivity index (χ2v) is 12.5. The van der Waals surface area contributed by atoms with Gasteiger partial charge in [0.15, 0.2) is 0 Å². The number of benzene rings is 1. The van der Waals surface area contributed by atoms with E-state index in [0.29, 0.717) is 17.7 Å². The van der Waals surface area contributed by atoms with Crippen LogP contribution in [-0.4, -0.2) is 93.7 Å². The summed E-state index contributed by atoms with van der Waals surface area (Å²) in [5.41, 5.74) is 0.677. The predicted molar refractivity (Wildman–Crippen MR) is 168 cm³/mol. The quantitative estimate of drug-likeness (QED) is 0.203. The summed E-state index contributed by atoms with van der Waals surface area (Å²) in [5.74, 6) is -5.15. The fraction of sp³-hybridized carbons (Fsp3) is 0.552. The van der Waals surface area contributed by atoms with E-state index >= 15 is 0 Å². The number of carbonyl (C=O) groups is 7. The van der Waals surface area contributed by atoms with Crippen LogP contribution in [0.5, 0.6) is 0 Å². The van der Waals surface area contributed by atoms with E-state index in [2.05, 4.69) is 26.6 Å². The molecule has 0 bridgehead atoms. The number of thioether (sulfide) groups is 2. The van der Waals surface area contributed by atoms with Crippen LogP contribution in [0.3, 0.4) is 0 Å². The molecule has 0 spiro atoms. The van der Waals surface area contributed by atoms with E-state index in [1.165, 1.54) is 18.7 Å². The SMILES string of the molecule is CC[C@H](C)[C@@H]1NC(=O)[C@H](Cc2ccccc2)NC(=O)[C@H](CC(=O)O)NC(=O)[C@@H](NC(C)=O)CSC(=O)[C@H](CCSC)NC1=O. The lowest BCUT2D eigenvalue weighted by atomic mass is 9.96. The largest absolute Gasteiger partial charge is 0.481 e. The van der Waals surface area contributed by atoms with E-state index in [1.807, 2.05) is 13.2 Å². The lowest BCUT2D eigenvalue weighted by Gasteiger charge is -2.29. The number of hydrogen-bond acceptors (Lipinski definition) is 9. The van der Waals surface area contributed by atoms with Crippen LogP contribution in [0.1, 0.15) is 45.6 Å². The van der Waals surface area contributed by atoms with E-state index < -0.39 is 77.3 Å². The van der Waals surface area contributed by atoms with Crippen LogP contribution >= 0.6 is 23.5 Å². The number of carbonyl (C=O) groups excluding carboxylic acids is 6. The maximum absolute atomic E-state index is 13.7. The minimum atomic E-state index is -1.61. The molecule has 1 aliphatic rings. The topological polar surface area (TPSA) is 200 Å². The Morgan fingerprint density at radius 3 is 2.16 bits per heavy atom. The van der Waals surface area contributed by atoms with Crippen LogP contribution in [0.25, 0.3) is 0 Å². The Bertz CT molecular complexity index is 1200. The van der Waals surface area contributed by atoms with Gasteiger partial charge in [-0.2, -0.15) is 11.8 Å². The van der Waals surface area contributed by atoms with Crippen molar-refractivity contribution in [3.8, 4) is 0 Å². The molecule has 1 aromatic carbocycles. The Kier molecular flexibility index (Phi) is 15.2. The maximum Gasteiger partial charge on any atom is 0.305 e. The molecular weight excluding hydrogens is 610 g/mol. The first kappa shape index (κ1) is 36.6. The molecule has 5 amide bonds. The van der Waals surface area contributed by atoms with Crippen molar-refractivity contribution in [2.24, 2.45) is 5.92 Å². The van der Waals surface area contributed by atoms with Gasteiger partial charge in [0.2, 0.25) is 34.7 Å². The standard InChI is InChI=1S/C29H41N5O8S2/c1-5-16(2)24-28(41)31-19(11-12-43-4)29(42)44-15-22(30-17(3)35)27(40)33-21(14-23(36)37)25(38)32-20(26(39)34-24)13-18-9-7-6-8-10-18/h6-10,16,19-22,24H,5,11-15H2,1-4H3,(H,30,35)(H,31,41)(H,32,38)(H,33,40)(H,34,39)(H,36,37)/t16-,19-,20-,21-,22-,24-/m0/s1. The summed E-state index contributed by atoms with van der Waals surface area (Å²) in [6.45, 7) is 4.79. The van der Waals surface area contributed by atoms with Gasteiger partial charge in [0.25, 0.3) is 0 Å². The number of aliphatic carboxylic acids is 1. The van der Waals surface area contributed by atoms with Crippen LogP contribution in [0, 0.1) is 5.92 Å². The highest BCUT2D eigenvalue weighted by atomic mass is 32.2. The highest BCUT2D eigenvalue weighted by Crippen LogP contribution is 2.16. The van der Waals surface area contributed by atoms with Crippen molar-refractivity contribution in [3.05, 3.63) is 35.9 Å². The molecule has 0 saturated carbocycles. The number of nitrogens with one attached hydrogen (secondary N) is 5. The fourth-order valence-corrected chi connectivity index (χ4v) is 5.80. The highest BCUT2D eigenvalue weighted by molar-refractivity contribution is 8.13. The Hall–Kier alpha value is -3.59. The Morgan fingerprint density at radius 1 is 0.955 bits per heavy atom. The molecule has 6 atom stereocenters. The summed E-state index contributed by atoms with van der Waals surface area (Å²) in [4.78, 5) is 90.7. The van der Waals surface area contributed by atoms with Gasteiger partial charge in [-0.3, -0.25) is 33.6 Å². The fourth-order valence-electron chi connectivity index (χ4n) is 4.38. The molecule has 242 valence electrons. The van der Waals surface area contributed by atoms with Gasteiger partial charge in [0.05, 0.1) is 12.5 Å². The number of amides is 5. The van der Waals surface area contributed by atoms with Crippen molar-refractivity contribution < 1.29 is 38.7 Å². The van der Waals surface area contributed by atoms with Crippen molar-refractivity contribution in [2.45, 2.75) is 76.7 Å². The smallest absolute Gasteiger partial charge is 0.305 e. The van der Waals surface area contributed by atoms with Crippen LogP contribution in [0.2, 0.25) is 0 Å². The summed E-state index contributed by atoms with van der Waals surface area (Å²) < 4.78 is 0. The highest BCUT2D eigenvalue weighted by Gasteiger charge is 2.35. The van der Waals surface area contributed by atoms with Gasteiger partial charge < -0.3 is 31.7 Å². The molecule has 1 saturated heterocycles. The Labute approximate surface area is 265 Å². The molecular formula is C29H41N5O8S2. The van der Waals surface area contributed by atoms with Crippen molar-refractivity contribution in [3.63, 3.8) is 0 Å². The molecule has 1 fully saturated rings. The average molecular weight is 652 g/mol. The van der Waals surface area contributed by atoms with Gasteiger partial charge >= 0.3 is 5.97 Å². The van der Waals surface area contributed by atoms with Crippen molar-refractivity contribution >= 4 is 64.1 Å². The molecule has 2 rings (SSSR count). The molecule has 44 heavy (non-hydrogen) atoms. The minimum absolute atomic E-state index is 0.000980. The summed E-state index contributed by atoms with van der Waals surface area (Å²) >= 11 is 2.19. The van der Waals surface area contributed by atoms with E-state index in [1.54, 1.807) is 37.3 Å². The number of carboxylic acid groups (broad SMARTS) is 1. The third kappa shape index (κ3) is 11.8. The van der Waals surface area contributed by atoms with E-state index in [9.17, 15) is 38.7 Å². The number of hydrogen-bond donors (Lipinski definition) is 6. The van der Waals surface area contributed by atoms with E-state index in [4.69, 9.17) is 0 Å². The lowest BCUT2D eigenvalue weighted by molar-refractivity contribution is -0.141. The molecule has 15 heteroatoms. The van der Waals surface area contributed by atoms with Gasteiger partial charge in [0, 0.05) is 19.1 Å². The molecule has 0 aromatic heterocycles. The molecule has 13 nitrogen and oxygen atoms in total. The summed E-state index contributed by atoms with van der Waals surface area (Å²) in [7, 11) is 0. The van der Waals surface area contributed by atoms with Gasteiger partial charge in [-0.15, -0.1) is 0 Å². The molecule has 1 aromatic rings. The van der Waals surface area contributed by atoms with Gasteiger partial charge in [0.1, 0.15) is 24.2 Å². The minimum Gasteiger partial charge on any atom is -0.481 e. The van der Waals surface area contributed by atoms with Crippen LogP contribution < -0.4 is 26.6 Å². The number of carboxylic acids is 1. The van der Waals surface area contributed by atoms with E-state index in [-0.39, 0.29) is 24.5 Å². The predicted octanol–water partition coefficient (Wildman–Crippen LogP) is 0.220. The third-order valence-electron chi connectivity index (χ3n) is 7.02. The second-order valence-electron chi connectivity index (χ2n) is 10.5. The normalized spacial score (nSPS) is 24.7.